The summed E-state index contributed by atoms with van der Waals surface area (Å²) in [6.45, 7) is 4.13. The van der Waals surface area contributed by atoms with E-state index in [0.29, 0.717) is 13.2 Å². The van der Waals surface area contributed by atoms with Gasteiger partial charge in [0, 0.05) is 17.9 Å². The number of anilines is 2. The van der Waals surface area contributed by atoms with E-state index < -0.39 is 0 Å². The second-order valence-corrected chi connectivity index (χ2v) is 5.17. The molecule has 0 radical (unpaired) electrons. The molecule has 0 amide bonds. The Morgan fingerprint density at radius 2 is 1.90 bits per heavy atom. The Kier molecular flexibility index (Phi) is 3.86. The van der Waals surface area contributed by atoms with Crippen molar-refractivity contribution in [3.8, 4) is 11.5 Å². The van der Waals surface area contributed by atoms with Crippen LogP contribution < -0.4 is 20.5 Å². The van der Waals surface area contributed by atoms with Gasteiger partial charge in [-0.05, 0) is 48.7 Å². The zero-order valence-corrected chi connectivity index (χ0v) is 12.2. The largest absolute Gasteiger partial charge is 0.486 e. The molecule has 3 rings (SSSR count). The maximum atomic E-state index is 5.91. The van der Waals surface area contributed by atoms with Gasteiger partial charge in [-0.2, -0.15) is 0 Å². The molecule has 110 valence electrons. The summed E-state index contributed by atoms with van der Waals surface area (Å²) in [6, 6.07) is 12.1. The van der Waals surface area contributed by atoms with Crippen LogP contribution in [-0.2, 0) is 6.42 Å². The van der Waals surface area contributed by atoms with E-state index in [1.807, 2.05) is 25.1 Å². The molecule has 1 heterocycles. The van der Waals surface area contributed by atoms with Gasteiger partial charge in [-0.15, -0.1) is 0 Å². The molecule has 0 saturated carbocycles. The highest BCUT2D eigenvalue weighted by atomic mass is 16.6. The van der Waals surface area contributed by atoms with Crippen molar-refractivity contribution in [2.45, 2.75) is 13.3 Å². The van der Waals surface area contributed by atoms with Gasteiger partial charge in [-0.25, -0.2) is 0 Å². The lowest BCUT2D eigenvalue weighted by molar-refractivity contribution is 0.171. The molecule has 2 aromatic rings. The molecule has 2 aromatic carbocycles. The fourth-order valence-electron chi connectivity index (χ4n) is 2.43. The molecule has 0 aromatic heterocycles. The van der Waals surface area contributed by atoms with Crippen LogP contribution in [0.5, 0.6) is 11.5 Å². The van der Waals surface area contributed by atoms with Crippen LogP contribution in [0.15, 0.2) is 36.4 Å². The van der Waals surface area contributed by atoms with E-state index in [0.717, 1.165) is 41.4 Å². The van der Waals surface area contributed by atoms with Crippen molar-refractivity contribution in [3.05, 3.63) is 47.5 Å². The van der Waals surface area contributed by atoms with Crippen molar-refractivity contribution in [1.82, 2.24) is 0 Å². The lowest BCUT2D eigenvalue weighted by Gasteiger charge is -2.19. The van der Waals surface area contributed by atoms with E-state index in [4.69, 9.17) is 15.2 Å². The summed E-state index contributed by atoms with van der Waals surface area (Å²) in [4.78, 5) is 0. The number of hydrogen-bond donors (Lipinski definition) is 2. The smallest absolute Gasteiger partial charge is 0.161 e. The quantitative estimate of drug-likeness (QED) is 0.847. The number of ether oxygens (including phenoxy) is 2. The van der Waals surface area contributed by atoms with Crippen molar-refractivity contribution >= 4 is 11.4 Å². The third-order valence-electron chi connectivity index (χ3n) is 3.71. The van der Waals surface area contributed by atoms with Crippen LogP contribution in [0.3, 0.4) is 0 Å². The Bertz CT molecular complexity index is 641. The summed E-state index contributed by atoms with van der Waals surface area (Å²) >= 11 is 0. The Morgan fingerprint density at radius 3 is 2.76 bits per heavy atom. The summed E-state index contributed by atoms with van der Waals surface area (Å²) in [5.41, 5.74) is 10.1. The zero-order chi connectivity index (χ0) is 14.7. The summed E-state index contributed by atoms with van der Waals surface area (Å²) in [7, 11) is 0. The van der Waals surface area contributed by atoms with E-state index >= 15 is 0 Å². The van der Waals surface area contributed by atoms with E-state index in [-0.39, 0.29) is 0 Å². The average molecular weight is 284 g/mol. The van der Waals surface area contributed by atoms with E-state index in [2.05, 4.69) is 23.5 Å². The van der Waals surface area contributed by atoms with Gasteiger partial charge in [-0.1, -0.05) is 12.1 Å². The SMILES string of the molecule is Cc1c(N)cccc1NCCc1ccc2c(c1)OCCO2. The number of hydrogen-bond acceptors (Lipinski definition) is 4. The van der Waals surface area contributed by atoms with Gasteiger partial charge in [0.15, 0.2) is 11.5 Å². The van der Waals surface area contributed by atoms with Crippen LogP contribution in [0.2, 0.25) is 0 Å². The average Bonchev–Trinajstić information content (AvgIpc) is 2.51. The van der Waals surface area contributed by atoms with Crippen LogP contribution in [0, 0.1) is 6.92 Å². The van der Waals surface area contributed by atoms with Gasteiger partial charge >= 0.3 is 0 Å². The van der Waals surface area contributed by atoms with Crippen LogP contribution >= 0.6 is 0 Å². The van der Waals surface area contributed by atoms with E-state index in [9.17, 15) is 0 Å². The molecule has 0 atom stereocenters. The highest BCUT2D eigenvalue weighted by molar-refractivity contribution is 5.62. The Balaban J connectivity index is 1.61. The second kappa shape index (κ2) is 5.95. The monoisotopic (exact) mass is 284 g/mol. The van der Waals surface area contributed by atoms with Gasteiger partial charge in [0.25, 0.3) is 0 Å². The number of benzene rings is 2. The van der Waals surface area contributed by atoms with Gasteiger partial charge in [0.05, 0.1) is 0 Å². The highest BCUT2D eigenvalue weighted by Gasteiger charge is 2.11. The predicted octanol–water partition coefficient (Wildman–Crippen LogP) is 3.00. The van der Waals surface area contributed by atoms with Gasteiger partial charge < -0.3 is 20.5 Å². The van der Waals surface area contributed by atoms with Gasteiger partial charge in [0.1, 0.15) is 13.2 Å². The molecule has 21 heavy (non-hydrogen) atoms. The van der Waals surface area contributed by atoms with Crippen molar-refractivity contribution in [2.24, 2.45) is 0 Å². The summed E-state index contributed by atoms with van der Waals surface area (Å²) < 4.78 is 11.1. The molecule has 1 aliphatic heterocycles. The minimum atomic E-state index is 0.622. The standard InChI is InChI=1S/C17H20N2O2/c1-12-14(18)3-2-4-15(12)19-8-7-13-5-6-16-17(11-13)21-10-9-20-16/h2-6,11,19H,7-10,18H2,1H3. The van der Waals surface area contributed by atoms with Crippen LogP contribution in [0.25, 0.3) is 0 Å². The van der Waals surface area contributed by atoms with Gasteiger partial charge in [-0.3, -0.25) is 0 Å². The number of rotatable bonds is 4. The molecule has 0 spiro atoms. The maximum absolute atomic E-state index is 5.91. The molecular formula is C17H20N2O2. The Morgan fingerprint density at radius 1 is 1.10 bits per heavy atom. The fourth-order valence-corrected chi connectivity index (χ4v) is 2.43. The molecule has 3 N–H and O–H groups in total. The molecule has 4 heteroatoms. The first-order valence-corrected chi connectivity index (χ1v) is 7.21. The summed E-state index contributed by atoms with van der Waals surface area (Å²) in [6.07, 6.45) is 0.922. The molecule has 4 nitrogen and oxygen atoms in total. The Hall–Kier alpha value is -2.36. The van der Waals surface area contributed by atoms with Gasteiger partial charge in [0.2, 0.25) is 0 Å². The molecule has 1 aliphatic rings. The third-order valence-corrected chi connectivity index (χ3v) is 3.71. The first-order valence-electron chi connectivity index (χ1n) is 7.21. The Labute approximate surface area is 124 Å². The highest BCUT2D eigenvalue weighted by Crippen LogP contribution is 2.30. The maximum Gasteiger partial charge on any atom is 0.161 e. The summed E-state index contributed by atoms with van der Waals surface area (Å²) in [5, 5.41) is 3.43. The number of nitrogens with two attached hydrogens (primary N) is 1. The van der Waals surface area contributed by atoms with Crippen molar-refractivity contribution in [1.29, 1.82) is 0 Å². The van der Waals surface area contributed by atoms with Crippen LogP contribution in [0.1, 0.15) is 11.1 Å². The summed E-state index contributed by atoms with van der Waals surface area (Å²) in [5.74, 6) is 1.68. The molecule has 0 saturated heterocycles. The topological polar surface area (TPSA) is 56.5 Å². The van der Waals surface area contributed by atoms with Crippen molar-refractivity contribution < 1.29 is 9.47 Å². The lowest BCUT2D eigenvalue weighted by atomic mass is 10.1. The van der Waals surface area contributed by atoms with Crippen LogP contribution in [0.4, 0.5) is 11.4 Å². The van der Waals surface area contributed by atoms with E-state index in [1.165, 1.54) is 5.56 Å². The molecule has 0 bridgehead atoms. The lowest BCUT2D eigenvalue weighted by Crippen LogP contribution is -2.15. The minimum Gasteiger partial charge on any atom is -0.486 e. The van der Waals surface area contributed by atoms with E-state index in [1.54, 1.807) is 0 Å². The normalized spacial score (nSPS) is 13.0. The third kappa shape index (κ3) is 3.05. The zero-order valence-electron chi connectivity index (χ0n) is 12.2. The first kappa shape index (κ1) is 13.6. The molecule has 0 unspecified atom stereocenters. The number of fused-ring (bicyclic) bond motifs is 1. The minimum absolute atomic E-state index is 0.622. The number of nitrogens with one attached hydrogen (secondary N) is 1. The van der Waals surface area contributed by atoms with Crippen molar-refractivity contribution in [2.75, 3.05) is 30.8 Å². The number of nitrogen functional groups attached to an aromatic ring is 1. The molecule has 0 aliphatic carbocycles. The first-order chi connectivity index (χ1) is 10.2. The van der Waals surface area contributed by atoms with Crippen molar-refractivity contribution in [3.63, 3.8) is 0 Å². The van der Waals surface area contributed by atoms with Crippen LogP contribution in [-0.4, -0.2) is 19.8 Å². The predicted molar refractivity (Wildman–Crippen MR) is 85.2 cm³/mol. The second-order valence-electron chi connectivity index (χ2n) is 5.17. The fraction of sp³-hybridized carbons (Fsp3) is 0.294. The molecular weight excluding hydrogens is 264 g/mol. The molecule has 0 fully saturated rings.